The topological polar surface area (TPSA) is 47.6 Å². The molecule has 118 valence electrons. The Labute approximate surface area is 127 Å². The molecule has 0 saturated heterocycles. The molecule has 0 aliphatic heterocycles. The molecule has 0 fully saturated rings. The fourth-order valence-corrected chi connectivity index (χ4v) is 2.06. The molecule has 21 heavy (non-hydrogen) atoms. The van der Waals surface area contributed by atoms with Crippen LogP contribution in [0, 0.1) is 13.8 Å². The first-order valence-corrected chi connectivity index (χ1v) is 7.73. The van der Waals surface area contributed by atoms with Crippen molar-refractivity contribution in [2.75, 3.05) is 13.2 Å². The van der Waals surface area contributed by atoms with Crippen LogP contribution >= 0.6 is 0 Å². The number of hydrogen-bond acceptors (Lipinski definition) is 3. The van der Waals surface area contributed by atoms with Crippen molar-refractivity contribution >= 4 is 5.91 Å². The van der Waals surface area contributed by atoms with Crippen LogP contribution in [0.15, 0.2) is 18.2 Å². The number of ether oxygens (including phenoxy) is 1. The number of carbonyl (C=O) groups excluding carboxylic acids is 1. The SMILES string of the molecule is CCCCCC(=O)NOCCCOc1cc(C)cc(C)c1. The summed E-state index contributed by atoms with van der Waals surface area (Å²) in [7, 11) is 0. The van der Waals surface area contributed by atoms with Crippen LogP contribution in [0.4, 0.5) is 0 Å². The first-order valence-electron chi connectivity index (χ1n) is 7.73. The quantitative estimate of drug-likeness (QED) is 0.528. The number of hydrogen-bond donors (Lipinski definition) is 1. The van der Waals surface area contributed by atoms with Crippen LogP contribution in [0.2, 0.25) is 0 Å². The van der Waals surface area contributed by atoms with Crippen LogP contribution in [0.25, 0.3) is 0 Å². The normalized spacial score (nSPS) is 10.4. The molecule has 0 atom stereocenters. The maximum absolute atomic E-state index is 11.4. The average molecular weight is 293 g/mol. The summed E-state index contributed by atoms with van der Waals surface area (Å²) < 4.78 is 5.66. The van der Waals surface area contributed by atoms with Gasteiger partial charge in [-0.2, -0.15) is 0 Å². The Morgan fingerprint density at radius 2 is 1.76 bits per heavy atom. The molecular weight excluding hydrogens is 266 g/mol. The van der Waals surface area contributed by atoms with Gasteiger partial charge in [0.1, 0.15) is 5.75 Å². The monoisotopic (exact) mass is 293 g/mol. The molecule has 4 heteroatoms. The van der Waals surface area contributed by atoms with Gasteiger partial charge in [0.2, 0.25) is 5.91 Å². The van der Waals surface area contributed by atoms with E-state index >= 15 is 0 Å². The zero-order valence-electron chi connectivity index (χ0n) is 13.4. The van der Waals surface area contributed by atoms with Crippen molar-refractivity contribution in [3.63, 3.8) is 0 Å². The number of nitrogens with one attached hydrogen (secondary N) is 1. The van der Waals surface area contributed by atoms with Gasteiger partial charge in [-0.05, 0) is 43.5 Å². The van der Waals surface area contributed by atoms with Crippen molar-refractivity contribution in [2.24, 2.45) is 0 Å². The molecule has 0 unspecified atom stereocenters. The van der Waals surface area contributed by atoms with Gasteiger partial charge in [-0.25, -0.2) is 5.48 Å². The van der Waals surface area contributed by atoms with Crippen LogP contribution in [-0.4, -0.2) is 19.1 Å². The van der Waals surface area contributed by atoms with Crippen LogP contribution in [0.3, 0.4) is 0 Å². The summed E-state index contributed by atoms with van der Waals surface area (Å²) in [6.07, 6.45) is 4.39. The lowest BCUT2D eigenvalue weighted by molar-refractivity contribution is -0.133. The summed E-state index contributed by atoms with van der Waals surface area (Å²) in [6.45, 7) is 7.26. The molecule has 1 aromatic carbocycles. The van der Waals surface area contributed by atoms with Crippen molar-refractivity contribution in [1.29, 1.82) is 0 Å². The number of benzene rings is 1. The minimum atomic E-state index is -0.0429. The van der Waals surface area contributed by atoms with Crippen molar-refractivity contribution in [2.45, 2.75) is 52.9 Å². The molecule has 0 heterocycles. The molecule has 0 aliphatic carbocycles. The zero-order valence-corrected chi connectivity index (χ0v) is 13.4. The van der Waals surface area contributed by atoms with E-state index < -0.39 is 0 Å². The van der Waals surface area contributed by atoms with E-state index in [9.17, 15) is 4.79 Å². The minimum Gasteiger partial charge on any atom is -0.493 e. The summed E-state index contributed by atoms with van der Waals surface area (Å²) in [6, 6.07) is 6.15. The minimum absolute atomic E-state index is 0.0429. The Kier molecular flexibility index (Phi) is 8.51. The lowest BCUT2D eigenvalue weighted by Crippen LogP contribution is -2.24. The summed E-state index contributed by atoms with van der Waals surface area (Å²) in [4.78, 5) is 16.5. The summed E-state index contributed by atoms with van der Waals surface area (Å²) >= 11 is 0. The molecule has 0 bridgehead atoms. The second kappa shape index (κ2) is 10.2. The van der Waals surface area contributed by atoms with Crippen molar-refractivity contribution in [3.05, 3.63) is 29.3 Å². The smallest absolute Gasteiger partial charge is 0.243 e. The van der Waals surface area contributed by atoms with Gasteiger partial charge in [-0.1, -0.05) is 25.8 Å². The number of unbranched alkanes of at least 4 members (excludes halogenated alkanes) is 2. The zero-order chi connectivity index (χ0) is 15.5. The first-order chi connectivity index (χ1) is 10.1. The predicted octanol–water partition coefficient (Wildman–Crippen LogP) is 3.70. The summed E-state index contributed by atoms with van der Waals surface area (Å²) in [5.74, 6) is 0.842. The third kappa shape index (κ3) is 8.35. The van der Waals surface area contributed by atoms with E-state index in [2.05, 4.69) is 32.3 Å². The predicted molar refractivity (Wildman–Crippen MR) is 84.3 cm³/mol. The van der Waals surface area contributed by atoms with Gasteiger partial charge in [-0.3, -0.25) is 9.63 Å². The first kappa shape index (κ1) is 17.5. The van der Waals surface area contributed by atoms with Gasteiger partial charge in [0.05, 0.1) is 13.2 Å². The third-order valence-electron chi connectivity index (χ3n) is 3.05. The van der Waals surface area contributed by atoms with Gasteiger partial charge >= 0.3 is 0 Å². The maximum atomic E-state index is 11.4. The third-order valence-corrected chi connectivity index (χ3v) is 3.05. The van der Waals surface area contributed by atoms with Gasteiger partial charge < -0.3 is 4.74 Å². The highest BCUT2D eigenvalue weighted by Crippen LogP contribution is 2.16. The lowest BCUT2D eigenvalue weighted by atomic mass is 10.1. The molecule has 0 saturated carbocycles. The van der Waals surface area contributed by atoms with Gasteiger partial charge in [0.15, 0.2) is 0 Å². The Hall–Kier alpha value is -1.55. The lowest BCUT2D eigenvalue weighted by Gasteiger charge is -2.09. The highest BCUT2D eigenvalue weighted by molar-refractivity contribution is 5.74. The van der Waals surface area contributed by atoms with Gasteiger partial charge in [-0.15, -0.1) is 0 Å². The molecule has 1 N–H and O–H groups in total. The fraction of sp³-hybridized carbons (Fsp3) is 0.588. The highest BCUT2D eigenvalue weighted by atomic mass is 16.7. The Balaban J connectivity index is 2.05. The van der Waals surface area contributed by atoms with Crippen molar-refractivity contribution < 1.29 is 14.4 Å². The van der Waals surface area contributed by atoms with E-state index in [4.69, 9.17) is 9.57 Å². The molecular formula is C17H27NO3. The standard InChI is InChI=1S/C17H27NO3/c1-4-5-6-8-17(19)18-21-10-7-9-20-16-12-14(2)11-15(3)13-16/h11-13H,4-10H2,1-3H3,(H,18,19). The molecule has 4 nitrogen and oxygen atoms in total. The van der Waals surface area contributed by atoms with E-state index in [-0.39, 0.29) is 5.91 Å². The summed E-state index contributed by atoms with van der Waals surface area (Å²) in [5, 5.41) is 0. The van der Waals surface area contributed by atoms with Crippen LogP contribution in [0.5, 0.6) is 5.75 Å². The molecule has 0 aromatic heterocycles. The summed E-state index contributed by atoms with van der Waals surface area (Å²) in [5.41, 5.74) is 4.85. The van der Waals surface area contributed by atoms with E-state index in [0.29, 0.717) is 19.6 Å². The highest BCUT2D eigenvalue weighted by Gasteiger charge is 2.01. The van der Waals surface area contributed by atoms with Gasteiger partial charge in [0.25, 0.3) is 0 Å². The largest absolute Gasteiger partial charge is 0.493 e. The molecule has 1 aromatic rings. The molecule has 0 aliphatic rings. The fourth-order valence-electron chi connectivity index (χ4n) is 2.06. The second-order valence-corrected chi connectivity index (χ2v) is 5.36. The number of rotatable bonds is 10. The van der Waals surface area contributed by atoms with E-state index in [1.807, 2.05) is 12.1 Å². The molecule has 0 spiro atoms. The molecule has 0 radical (unpaired) electrons. The molecule has 1 amide bonds. The molecule has 1 rings (SSSR count). The van der Waals surface area contributed by atoms with Crippen LogP contribution in [-0.2, 0) is 9.63 Å². The maximum Gasteiger partial charge on any atom is 0.243 e. The Morgan fingerprint density at radius 1 is 1.05 bits per heavy atom. The average Bonchev–Trinajstić information content (AvgIpc) is 2.42. The van der Waals surface area contributed by atoms with Crippen molar-refractivity contribution in [3.8, 4) is 5.75 Å². The van der Waals surface area contributed by atoms with Gasteiger partial charge in [0, 0.05) is 12.8 Å². The van der Waals surface area contributed by atoms with Crippen molar-refractivity contribution in [1.82, 2.24) is 5.48 Å². The number of amides is 1. The van der Waals surface area contributed by atoms with E-state index in [1.54, 1.807) is 0 Å². The number of hydroxylamine groups is 1. The van der Waals surface area contributed by atoms with E-state index in [0.717, 1.165) is 31.4 Å². The number of aryl methyl sites for hydroxylation is 2. The Morgan fingerprint density at radius 3 is 2.43 bits per heavy atom. The number of carbonyl (C=O) groups is 1. The van der Waals surface area contributed by atoms with E-state index in [1.165, 1.54) is 11.1 Å². The van der Waals surface area contributed by atoms with Crippen LogP contribution in [0.1, 0.15) is 50.2 Å². The van der Waals surface area contributed by atoms with Crippen LogP contribution < -0.4 is 10.2 Å². The second-order valence-electron chi connectivity index (χ2n) is 5.36. The Bertz CT molecular complexity index is 412.